The number of aromatic nitrogens is 3. The smallest absolute Gasteiger partial charge is 0.360 e. The van der Waals surface area contributed by atoms with E-state index in [1.807, 2.05) is 6.92 Å². The average molecular weight is 318 g/mol. The van der Waals surface area contributed by atoms with E-state index in [1.54, 1.807) is 31.2 Å². The molecule has 23 heavy (non-hydrogen) atoms. The first-order valence-corrected chi connectivity index (χ1v) is 7.08. The van der Waals surface area contributed by atoms with E-state index in [2.05, 4.69) is 20.4 Å². The summed E-state index contributed by atoms with van der Waals surface area (Å²) in [5, 5.41) is 10.4. The quantitative estimate of drug-likeness (QED) is 0.809. The number of nitrogens with zero attached hydrogens (tertiary/aromatic N) is 3. The molecule has 8 nitrogen and oxygen atoms in total. The summed E-state index contributed by atoms with van der Waals surface area (Å²) in [5.74, 6) is -0.802. The maximum Gasteiger partial charge on any atom is 0.360 e. The summed E-state index contributed by atoms with van der Waals surface area (Å²) in [7, 11) is 1.27. The molecule has 1 unspecified atom stereocenters. The van der Waals surface area contributed by atoms with Crippen molar-refractivity contribution in [3.05, 3.63) is 36.2 Å². The number of ether oxygens (including phenoxy) is 2. The number of amides is 1. The molecule has 0 radical (unpaired) electrons. The number of carbonyl (C=O) groups is 2. The third kappa shape index (κ3) is 4.13. The van der Waals surface area contributed by atoms with Gasteiger partial charge in [0.1, 0.15) is 6.10 Å². The third-order valence-electron chi connectivity index (χ3n) is 3.05. The van der Waals surface area contributed by atoms with Gasteiger partial charge in [-0.15, -0.1) is 5.10 Å². The van der Waals surface area contributed by atoms with Gasteiger partial charge in [0, 0.05) is 12.3 Å². The number of benzene rings is 1. The van der Waals surface area contributed by atoms with Crippen molar-refractivity contribution in [3.8, 4) is 5.69 Å². The lowest BCUT2D eigenvalue weighted by Crippen LogP contribution is -2.27. The Labute approximate surface area is 133 Å². The van der Waals surface area contributed by atoms with Crippen LogP contribution < -0.4 is 5.32 Å². The molecule has 2 aromatic rings. The molecule has 1 aromatic heterocycles. The van der Waals surface area contributed by atoms with E-state index in [0.29, 0.717) is 18.0 Å². The minimum Gasteiger partial charge on any atom is -0.464 e. The van der Waals surface area contributed by atoms with Gasteiger partial charge in [0.25, 0.3) is 5.91 Å². The summed E-state index contributed by atoms with van der Waals surface area (Å²) in [6, 6.07) is 7.00. The van der Waals surface area contributed by atoms with Crippen LogP contribution in [0, 0.1) is 0 Å². The SMILES string of the molecule is CCOC(C)C(=O)Nc1cccc(-n2cc(C(=O)OC)nn2)c1. The summed E-state index contributed by atoms with van der Waals surface area (Å²) in [4.78, 5) is 23.3. The lowest BCUT2D eigenvalue weighted by atomic mass is 10.2. The standard InChI is InChI=1S/C15H18N4O4/c1-4-23-10(2)14(20)16-11-6-5-7-12(8-11)19-9-13(17-18-19)15(21)22-3/h5-10H,4H2,1-3H3,(H,16,20). The minimum atomic E-state index is -0.564. The van der Waals surface area contributed by atoms with Gasteiger partial charge in [0.15, 0.2) is 5.69 Å². The fraction of sp³-hybridized carbons (Fsp3) is 0.333. The minimum absolute atomic E-state index is 0.104. The highest BCUT2D eigenvalue weighted by Crippen LogP contribution is 2.15. The summed E-state index contributed by atoms with van der Waals surface area (Å²) < 4.78 is 11.3. The number of hydrogen-bond acceptors (Lipinski definition) is 6. The van der Waals surface area contributed by atoms with E-state index in [9.17, 15) is 9.59 Å². The molecule has 0 saturated carbocycles. The highest BCUT2D eigenvalue weighted by Gasteiger charge is 2.14. The van der Waals surface area contributed by atoms with E-state index >= 15 is 0 Å². The Kier molecular flexibility index (Phi) is 5.42. The Balaban J connectivity index is 2.15. The molecule has 1 heterocycles. The number of nitrogens with one attached hydrogen (secondary N) is 1. The largest absolute Gasteiger partial charge is 0.464 e. The van der Waals surface area contributed by atoms with Crippen LogP contribution in [0.4, 0.5) is 5.69 Å². The van der Waals surface area contributed by atoms with Crippen molar-refractivity contribution in [1.29, 1.82) is 0 Å². The predicted molar refractivity (Wildman–Crippen MR) is 82.4 cm³/mol. The van der Waals surface area contributed by atoms with Crippen LogP contribution in [0.1, 0.15) is 24.3 Å². The van der Waals surface area contributed by atoms with Crippen LogP contribution in [0.15, 0.2) is 30.5 Å². The van der Waals surface area contributed by atoms with E-state index < -0.39 is 12.1 Å². The molecule has 1 amide bonds. The third-order valence-corrected chi connectivity index (χ3v) is 3.05. The monoisotopic (exact) mass is 318 g/mol. The first-order valence-electron chi connectivity index (χ1n) is 7.08. The van der Waals surface area contributed by atoms with Crippen LogP contribution in [-0.2, 0) is 14.3 Å². The van der Waals surface area contributed by atoms with Crippen molar-refractivity contribution in [2.75, 3.05) is 19.0 Å². The molecule has 0 bridgehead atoms. The molecule has 0 spiro atoms. The van der Waals surface area contributed by atoms with Gasteiger partial charge in [-0.2, -0.15) is 0 Å². The van der Waals surface area contributed by atoms with Gasteiger partial charge < -0.3 is 14.8 Å². The first kappa shape index (κ1) is 16.6. The lowest BCUT2D eigenvalue weighted by molar-refractivity contribution is -0.126. The number of anilines is 1. The van der Waals surface area contributed by atoms with Gasteiger partial charge in [0.2, 0.25) is 0 Å². The van der Waals surface area contributed by atoms with Crippen molar-refractivity contribution >= 4 is 17.6 Å². The Bertz CT molecular complexity index is 698. The van der Waals surface area contributed by atoms with Crippen LogP contribution in [0.3, 0.4) is 0 Å². The molecule has 0 aliphatic heterocycles. The number of esters is 1. The zero-order valence-electron chi connectivity index (χ0n) is 13.1. The van der Waals surface area contributed by atoms with Crippen LogP contribution >= 0.6 is 0 Å². The number of methoxy groups -OCH3 is 1. The van der Waals surface area contributed by atoms with Gasteiger partial charge >= 0.3 is 5.97 Å². The van der Waals surface area contributed by atoms with Crippen LogP contribution in [0.5, 0.6) is 0 Å². The molecular weight excluding hydrogens is 300 g/mol. The first-order chi connectivity index (χ1) is 11.0. The molecule has 0 fully saturated rings. The molecule has 1 atom stereocenters. The van der Waals surface area contributed by atoms with Crippen molar-refractivity contribution in [3.63, 3.8) is 0 Å². The summed E-state index contributed by atoms with van der Waals surface area (Å²) in [5.41, 5.74) is 1.34. The Morgan fingerprint density at radius 2 is 2.17 bits per heavy atom. The topological polar surface area (TPSA) is 95.3 Å². The molecule has 0 aliphatic carbocycles. The summed E-state index contributed by atoms with van der Waals surface area (Å²) in [6.07, 6.45) is 0.913. The van der Waals surface area contributed by atoms with Gasteiger partial charge in [-0.05, 0) is 32.0 Å². The van der Waals surface area contributed by atoms with Gasteiger partial charge in [-0.1, -0.05) is 11.3 Å². The van der Waals surface area contributed by atoms with Crippen LogP contribution in [0.25, 0.3) is 5.69 Å². The van der Waals surface area contributed by atoms with E-state index in [4.69, 9.17) is 4.74 Å². The Hall–Kier alpha value is -2.74. The molecule has 1 N–H and O–H groups in total. The highest BCUT2D eigenvalue weighted by molar-refractivity contribution is 5.94. The predicted octanol–water partition coefficient (Wildman–Crippen LogP) is 1.42. The number of rotatable bonds is 6. The van der Waals surface area contributed by atoms with E-state index in [-0.39, 0.29) is 11.6 Å². The van der Waals surface area contributed by atoms with Crippen molar-refractivity contribution in [2.24, 2.45) is 0 Å². The fourth-order valence-electron chi connectivity index (χ4n) is 1.88. The Morgan fingerprint density at radius 1 is 1.39 bits per heavy atom. The molecule has 8 heteroatoms. The zero-order valence-corrected chi connectivity index (χ0v) is 13.1. The highest BCUT2D eigenvalue weighted by atomic mass is 16.5. The number of carbonyl (C=O) groups excluding carboxylic acids is 2. The molecule has 2 rings (SSSR count). The lowest BCUT2D eigenvalue weighted by Gasteiger charge is -2.12. The molecule has 0 aliphatic rings. The van der Waals surface area contributed by atoms with Crippen molar-refractivity contribution in [1.82, 2.24) is 15.0 Å². The van der Waals surface area contributed by atoms with Gasteiger partial charge in [-0.3, -0.25) is 4.79 Å². The normalized spacial score (nSPS) is 11.8. The molecule has 1 aromatic carbocycles. The zero-order chi connectivity index (χ0) is 16.8. The second-order valence-corrected chi connectivity index (χ2v) is 4.68. The maximum absolute atomic E-state index is 12.0. The van der Waals surface area contributed by atoms with Crippen molar-refractivity contribution in [2.45, 2.75) is 20.0 Å². The van der Waals surface area contributed by atoms with Gasteiger partial charge in [0.05, 0.1) is 19.0 Å². The summed E-state index contributed by atoms with van der Waals surface area (Å²) in [6.45, 7) is 3.97. The fourth-order valence-corrected chi connectivity index (χ4v) is 1.88. The van der Waals surface area contributed by atoms with E-state index in [0.717, 1.165) is 0 Å². The van der Waals surface area contributed by atoms with Gasteiger partial charge in [-0.25, -0.2) is 9.48 Å². The second kappa shape index (κ2) is 7.50. The van der Waals surface area contributed by atoms with Crippen molar-refractivity contribution < 1.29 is 19.1 Å². The van der Waals surface area contributed by atoms with Crippen LogP contribution in [-0.4, -0.2) is 46.7 Å². The molecule has 0 saturated heterocycles. The van der Waals surface area contributed by atoms with E-state index in [1.165, 1.54) is 18.0 Å². The molecular formula is C15H18N4O4. The number of hydrogen-bond donors (Lipinski definition) is 1. The second-order valence-electron chi connectivity index (χ2n) is 4.68. The summed E-state index contributed by atoms with van der Waals surface area (Å²) >= 11 is 0. The Morgan fingerprint density at radius 3 is 2.87 bits per heavy atom. The van der Waals surface area contributed by atoms with Crippen LogP contribution in [0.2, 0.25) is 0 Å². The average Bonchev–Trinajstić information content (AvgIpc) is 3.04. The molecule has 122 valence electrons. The maximum atomic E-state index is 12.0.